The van der Waals surface area contributed by atoms with Gasteiger partial charge in [-0.05, 0) is 104 Å². The van der Waals surface area contributed by atoms with Gasteiger partial charge in [-0.15, -0.1) is 0 Å². The third kappa shape index (κ3) is 2.61. The van der Waals surface area contributed by atoms with Gasteiger partial charge >= 0.3 is 0 Å². The number of fused-ring (bicyclic) bond motifs is 7. The van der Waals surface area contributed by atoms with E-state index in [0.29, 0.717) is 34.7 Å². The van der Waals surface area contributed by atoms with Crippen LogP contribution in [0.25, 0.3) is 0 Å². The fourth-order valence-corrected chi connectivity index (χ4v) is 10.3. The minimum atomic E-state index is -0.282. The Labute approximate surface area is 183 Å². The largest absolute Gasteiger partial charge is 0.393 e. The maximum atomic E-state index is 10.3. The van der Waals surface area contributed by atoms with Crippen molar-refractivity contribution in [3.8, 4) is 0 Å². The van der Waals surface area contributed by atoms with Crippen molar-refractivity contribution in [2.75, 3.05) is 6.61 Å². The molecule has 5 unspecified atom stereocenters. The van der Waals surface area contributed by atoms with E-state index in [1.54, 1.807) is 0 Å². The van der Waals surface area contributed by atoms with Gasteiger partial charge in [-0.2, -0.15) is 0 Å². The second kappa shape index (κ2) is 6.70. The normalized spacial score (nSPS) is 62.5. The van der Waals surface area contributed by atoms with E-state index in [0.717, 1.165) is 49.5 Å². The Kier molecular flexibility index (Phi) is 4.58. The lowest BCUT2D eigenvalue weighted by atomic mass is 9.44. The van der Waals surface area contributed by atoms with Crippen molar-refractivity contribution >= 4 is 0 Å². The Bertz CT molecular complexity index is 684. The molecule has 30 heavy (non-hydrogen) atoms. The van der Waals surface area contributed by atoms with Crippen molar-refractivity contribution in [3.05, 3.63) is 0 Å². The lowest BCUT2D eigenvalue weighted by Gasteiger charge is -2.61. The SMILES string of the molecule is CC1CC[C@@]2(OC1)O[C@H]1CC3C4CC[C@H]5C[C@@H](O)CC[C@]5(C)C4CC[C@]3(C)C1[C@@H]2C. The summed E-state index contributed by atoms with van der Waals surface area (Å²) in [5.74, 6) is 4.93. The van der Waals surface area contributed by atoms with E-state index in [2.05, 4.69) is 27.7 Å². The first-order valence-electron chi connectivity index (χ1n) is 13.3. The molecule has 1 spiro atoms. The van der Waals surface area contributed by atoms with Gasteiger partial charge in [-0.25, -0.2) is 0 Å². The molecule has 0 aromatic rings. The first-order chi connectivity index (χ1) is 14.3. The van der Waals surface area contributed by atoms with Crippen molar-refractivity contribution < 1.29 is 14.6 Å². The summed E-state index contributed by atoms with van der Waals surface area (Å²) in [6.07, 6.45) is 12.9. The summed E-state index contributed by atoms with van der Waals surface area (Å²) in [5, 5.41) is 10.3. The number of hydrogen-bond donors (Lipinski definition) is 1. The molecule has 0 aromatic carbocycles. The quantitative estimate of drug-likeness (QED) is 0.543. The number of aliphatic hydroxyl groups excluding tert-OH is 1. The Morgan fingerprint density at radius 2 is 1.63 bits per heavy atom. The van der Waals surface area contributed by atoms with Gasteiger partial charge in [0, 0.05) is 12.3 Å². The van der Waals surface area contributed by atoms with Gasteiger partial charge in [0.15, 0.2) is 5.79 Å². The van der Waals surface area contributed by atoms with Crippen LogP contribution in [0.2, 0.25) is 0 Å². The molecule has 170 valence electrons. The minimum absolute atomic E-state index is 0.0389. The summed E-state index contributed by atoms with van der Waals surface area (Å²) in [4.78, 5) is 0. The van der Waals surface area contributed by atoms with Gasteiger partial charge < -0.3 is 14.6 Å². The van der Waals surface area contributed by atoms with Gasteiger partial charge in [-0.1, -0.05) is 27.7 Å². The lowest BCUT2D eigenvalue weighted by Crippen LogP contribution is -2.55. The number of hydrogen-bond acceptors (Lipinski definition) is 3. The number of aliphatic hydroxyl groups is 1. The van der Waals surface area contributed by atoms with Crippen LogP contribution in [0.15, 0.2) is 0 Å². The van der Waals surface area contributed by atoms with Crippen LogP contribution in [0.3, 0.4) is 0 Å². The van der Waals surface area contributed by atoms with E-state index < -0.39 is 0 Å². The predicted octanol–water partition coefficient (Wildman–Crippen LogP) is 5.79. The molecule has 0 amide bonds. The topological polar surface area (TPSA) is 38.7 Å². The summed E-state index contributed by atoms with van der Waals surface area (Å²) in [5.41, 5.74) is 0.899. The van der Waals surface area contributed by atoms with E-state index >= 15 is 0 Å². The van der Waals surface area contributed by atoms with Gasteiger partial charge in [0.1, 0.15) is 0 Å². The molecule has 1 N–H and O–H groups in total. The highest BCUT2D eigenvalue weighted by molar-refractivity contribution is 5.15. The summed E-state index contributed by atoms with van der Waals surface area (Å²) in [6.45, 7) is 10.9. The molecular formula is C27H44O3. The van der Waals surface area contributed by atoms with Gasteiger partial charge in [-0.3, -0.25) is 0 Å². The highest BCUT2D eigenvalue weighted by Crippen LogP contribution is 2.71. The smallest absolute Gasteiger partial charge is 0.171 e. The highest BCUT2D eigenvalue weighted by atomic mass is 16.7. The zero-order chi connectivity index (χ0) is 20.9. The molecule has 6 fully saturated rings. The zero-order valence-corrected chi connectivity index (χ0v) is 19.7. The van der Waals surface area contributed by atoms with Gasteiger partial charge in [0.25, 0.3) is 0 Å². The van der Waals surface area contributed by atoms with E-state index in [-0.39, 0.29) is 11.9 Å². The maximum absolute atomic E-state index is 10.3. The second-order valence-corrected chi connectivity index (χ2v) is 13.1. The monoisotopic (exact) mass is 416 g/mol. The standard InChI is InChI=1S/C27H44O3/c1-16-7-12-27(29-15-16)17(2)24-23(30-27)14-22-20-6-5-18-13-19(28)8-10-25(18,3)21(20)9-11-26(22,24)4/h16-24,28H,5-15H2,1-4H3/t16?,17-,18-,19-,20?,21?,22?,23-,24?,25-,26-,27+/m0/s1. The number of ether oxygens (including phenoxy) is 2. The Balaban J connectivity index is 1.26. The van der Waals surface area contributed by atoms with Crippen LogP contribution in [0.1, 0.15) is 91.9 Å². The zero-order valence-electron chi connectivity index (χ0n) is 19.7. The van der Waals surface area contributed by atoms with Crippen molar-refractivity contribution in [2.24, 2.45) is 52.3 Å². The fraction of sp³-hybridized carbons (Fsp3) is 1.00. The third-order valence-corrected chi connectivity index (χ3v) is 11.9. The molecule has 0 aromatic heterocycles. The summed E-state index contributed by atoms with van der Waals surface area (Å²) in [6, 6.07) is 0. The van der Waals surface area contributed by atoms with Crippen molar-refractivity contribution in [3.63, 3.8) is 0 Å². The Morgan fingerprint density at radius 1 is 0.833 bits per heavy atom. The third-order valence-electron chi connectivity index (χ3n) is 11.9. The average molecular weight is 417 g/mol. The molecule has 4 aliphatic carbocycles. The van der Waals surface area contributed by atoms with Crippen LogP contribution in [-0.4, -0.2) is 29.7 Å². The van der Waals surface area contributed by atoms with Crippen LogP contribution in [0.5, 0.6) is 0 Å². The molecule has 2 aliphatic heterocycles. The summed E-state index contributed by atoms with van der Waals surface area (Å²) >= 11 is 0. The number of rotatable bonds is 0. The summed E-state index contributed by atoms with van der Waals surface area (Å²) < 4.78 is 13.4. The summed E-state index contributed by atoms with van der Waals surface area (Å²) in [7, 11) is 0. The molecule has 12 atom stereocenters. The predicted molar refractivity (Wildman–Crippen MR) is 118 cm³/mol. The van der Waals surface area contributed by atoms with Crippen LogP contribution in [0.4, 0.5) is 0 Å². The van der Waals surface area contributed by atoms with E-state index in [1.165, 1.54) is 44.9 Å². The van der Waals surface area contributed by atoms with Gasteiger partial charge in [0.2, 0.25) is 0 Å². The lowest BCUT2D eigenvalue weighted by molar-refractivity contribution is -0.273. The molecule has 6 aliphatic rings. The first kappa shape index (κ1) is 20.5. The molecular weight excluding hydrogens is 372 g/mol. The molecule has 6 rings (SSSR count). The van der Waals surface area contributed by atoms with Crippen LogP contribution < -0.4 is 0 Å². The van der Waals surface area contributed by atoms with E-state index in [1.807, 2.05) is 0 Å². The van der Waals surface area contributed by atoms with Crippen molar-refractivity contribution in [1.29, 1.82) is 0 Å². The molecule has 4 saturated carbocycles. The van der Waals surface area contributed by atoms with Crippen LogP contribution >= 0.6 is 0 Å². The average Bonchev–Trinajstić information content (AvgIpc) is 3.16. The second-order valence-electron chi connectivity index (χ2n) is 13.1. The first-order valence-corrected chi connectivity index (χ1v) is 13.3. The Morgan fingerprint density at radius 3 is 2.40 bits per heavy atom. The van der Waals surface area contributed by atoms with Gasteiger partial charge in [0.05, 0.1) is 18.8 Å². The van der Waals surface area contributed by atoms with E-state index in [4.69, 9.17) is 9.47 Å². The maximum Gasteiger partial charge on any atom is 0.171 e. The molecule has 0 radical (unpaired) electrons. The van der Waals surface area contributed by atoms with Crippen molar-refractivity contribution in [1.82, 2.24) is 0 Å². The minimum Gasteiger partial charge on any atom is -0.393 e. The molecule has 2 heterocycles. The van der Waals surface area contributed by atoms with Crippen LogP contribution in [0, 0.1) is 52.3 Å². The molecule has 3 nitrogen and oxygen atoms in total. The van der Waals surface area contributed by atoms with E-state index in [9.17, 15) is 5.11 Å². The highest BCUT2D eigenvalue weighted by Gasteiger charge is 2.69. The van der Waals surface area contributed by atoms with Crippen molar-refractivity contribution in [2.45, 2.75) is 110 Å². The van der Waals surface area contributed by atoms with Crippen LogP contribution in [-0.2, 0) is 9.47 Å². The fourth-order valence-electron chi connectivity index (χ4n) is 10.3. The molecule has 2 saturated heterocycles. The Hall–Kier alpha value is -0.120. The molecule has 3 heteroatoms. The molecule has 0 bridgehead atoms.